The van der Waals surface area contributed by atoms with Crippen molar-refractivity contribution < 1.29 is 50.5 Å². The van der Waals surface area contributed by atoms with Crippen LogP contribution in [-0.4, -0.2) is 37.6 Å². The molecule has 1 saturated carbocycles. The molecule has 0 unspecified atom stereocenters. The van der Waals surface area contributed by atoms with E-state index in [0.717, 1.165) is 22.5 Å². The fourth-order valence-corrected chi connectivity index (χ4v) is 12.7. The number of hydrogen-bond donors (Lipinski definition) is 1. The molecule has 1 fully saturated rings. The van der Waals surface area contributed by atoms with E-state index in [1.54, 1.807) is 10.6 Å². The van der Waals surface area contributed by atoms with Gasteiger partial charge in [-0.2, -0.15) is 14.1 Å². The normalized spacial score (nSPS) is 12.7. The van der Waals surface area contributed by atoms with Gasteiger partial charge in [0.15, 0.2) is 0 Å². The maximum atomic E-state index is 9.19. The summed E-state index contributed by atoms with van der Waals surface area (Å²) in [6.07, 6.45) is 15.4. The van der Waals surface area contributed by atoms with Crippen molar-refractivity contribution in [1.29, 1.82) is 0 Å². The third-order valence-corrected chi connectivity index (χ3v) is 15.1. The third kappa shape index (κ3) is 18.0. The van der Waals surface area contributed by atoms with Crippen molar-refractivity contribution in [3.8, 4) is 11.1 Å². The second-order valence-corrected chi connectivity index (χ2v) is 19.8. The van der Waals surface area contributed by atoms with Gasteiger partial charge in [-0.05, 0) is 68.5 Å². The largest absolute Gasteiger partial charge is 2.00 e. The Labute approximate surface area is 382 Å². The van der Waals surface area contributed by atoms with Crippen molar-refractivity contribution >= 4 is 52.9 Å². The van der Waals surface area contributed by atoms with Gasteiger partial charge >= 0.3 is 37.5 Å². The first-order valence-electron chi connectivity index (χ1n) is 18.6. The molecule has 6 aromatic carbocycles. The van der Waals surface area contributed by atoms with E-state index in [-0.39, 0.29) is 60.3 Å². The molecule has 8 rings (SSSR count). The van der Waals surface area contributed by atoms with Crippen molar-refractivity contribution in [2.75, 3.05) is 13.3 Å². The van der Waals surface area contributed by atoms with Crippen LogP contribution >= 0.6 is 15.8 Å². The fraction of sp³-hybridized carbons (Fsp3) is 0.160. The Morgan fingerprint density at radius 1 is 0.644 bits per heavy atom. The van der Waals surface area contributed by atoms with E-state index < -0.39 is 18.0 Å². The minimum absolute atomic E-state index is 0. The molecule has 2 aliphatic rings. The van der Waals surface area contributed by atoms with E-state index in [2.05, 4.69) is 163 Å². The average Bonchev–Trinajstić information content (AvgIpc) is 3.96. The van der Waals surface area contributed by atoms with Crippen LogP contribution in [0.25, 0.3) is 16.4 Å². The molecule has 1 N–H and O–H groups in total. The molecule has 59 heavy (non-hydrogen) atoms. The number of rotatable bonds is 8. The van der Waals surface area contributed by atoms with E-state index in [0.29, 0.717) is 11.9 Å². The summed E-state index contributed by atoms with van der Waals surface area (Å²) in [5.41, 5.74) is 4.70. The van der Waals surface area contributed by atoms with Crippen LogP contribution in [0.15, 0.2) is 194 Å². The Morgan fingerprint density at radius 2 is 1.05 bits per heavy atom. The number of benzene rings is 6. The van der Waals surface area contributed by atoms with Crippen LogP contribution in [0.3, 0.4) is 0 Å². The quantitative estimate of drug-likeness (QED) is 0.0715. The second-order valence-electron chi connectivity index (χ2n) is 13.2. The molecule has 0 aromatic heterocycles. The number of allylic oxidation sites excluding steroid dienone is 4. The van der Waals surface area contributed by atoms with Crippen LogP contribution in [0.1, 0.15) is 25.7 Å². The predicted molar refractivity (Wildman–Crippen MR) is 254 cm³/mol. The Hall–Kier alpha value is -3.45. The summed E-state index contributed by atoms with van der Waals surface area (Å²) < 4.78 is 25.9. The minimum atomic E-state index is -3.67. The molecule has 2 aliphatic carbocycles. The molecule has 0 bridgehead atoms. The van der Waals surface area contributed by atoms with Gasteiger partial charge in [-0.1, -0.05) is 146 Å². The second kappa shape index (κ2) is 28.9. The summed E-state index contributed by atoms with van der Waals surface area (Å²) in [6, 6.07) is 63.3. The van der Waals surface area contributed by atoms with E-state index in [4.69, 9.17) is 4.55 Å². The van der Waals surface area contributed by atoms with Crippen molar-refractivity contribution in [1.82, 2.24) is 0 Å². The van der Waals surface area contributed by atoms with Gasteiger partial charge in [0, 0.05) is 5.66 Å². The van der Waals surface area contributed by atoms with Gasteiger partial charge in [-0.3, -0.25) is 4.55 Å². The van der Waals surface area contributed by atoms with Gasteiger partial charge in [0.05, 0.1) is 30.4 Å². The molecule has 9 heteroatoms. The summed E-state index contributed by atoms with van der Waals surface area (Å²) in [7, 11) is -2.76. The minimum Gasteiger partial charge on any atom is -0.694 e. The van der Waals surface area contributed by atoms with Crippen LogP contribution in [0.2, 0.25) is 0 Å². The first-order chi connectivity index (χ1) is 26.8. The molecule has 0 saturated heterocycles. The standard InChI is InChI=1S/C17H19P.C17H15P.C13H11N.CH4O3S.2CH3.Fe.Pd/c2*1-3-9-15(10-4-1)18(17-13-7-8-14-17)16-11-5-2-6-12-16;1-14-13-10-6-5-9-12(13)11-7-3-2-4-8-11;1-5(2,3)4;;;;/h1-6,9-12,17H,7-8,13-14H2;1-14,17H;2-7,9-10H,1H3;1H3,(H,2,3,4);2*1H3;;/q;;-2;;2*-1;2*+2/p+1. The van der Waals surface area contributed by atoms with Gasteiger partial charge in [0.1, 0.15) is 0 Å². The average molecular weight is 975 g/mol. The Morgan fingerprint density at radius 3 is 1.47 bits per heavy atom. The molecule has 0 heterocycles. The summed E-state index contributed by atoms with van der Waals surface area (Å²) in [5, 5.41) is 10.3. The number of para-hydroxylation sites is 1. The van der Waals surface area contributed by atoms with Crippen LogP contribution in [0.4, 0.5) is 5.69 Å². The molecule has 0 aliphatic heterocycles. The SMILES string of the molecule is C1=CC(P(c2ccccc2)c2ccccc2)C=C1.CS(=O)(=O)O.C[N-]c1ccccc1-c1[c-]cccc1.[CH3-].[CH3-].[Fe+2].[Pd+2].c1ccc([PH+](c2ccccc2)C2CCCC2)cc1. The first-order valence-corrected chi connectivity index (χ1v) is 23.5. The summed E-state index contributed by atoms with van der Waals surface area (Å²) >= 11 is 0. The van der Waals surface area contributed by atoms with Gasteiger partial charge in [-0.15, -0.1) is 48.5 Å². The van der Waals surface area contributed by atoms with Gasteiger partial charge in [-0.25, -0.2) is 0 Å². The summed E-state index contributed by atoms with van der Waals surface area (Å²) in [6.45, 7) is 0. The Kier molecular flexibility index (Phi) is 26.3. The Balaban J connectivity index is 0.000000408. The maximum Gasteiger partial charge on any atom is 2.00 e. The van der Waals surface area contributed by atoms with Crippen LogP contribution < -0.4 is 21.2 Å². The van der Waals surface area contributed by atoms with Crippen molar-refractivity contribution in [2.24, 2.45) is 0 Å². The smallest absolute Gasteiger partial charge is 0.694 e. The van der Waals surface area contributed by atoms with E-state index in [9.17, 15) is 8.42 Å². The maximum absolute atomic E-state index is 9.19. The van der Waals surface area contributed by atoms with Crippen molar-refractivity contribution in [3.63, 3.8) is 0 Å². The van der Waals surface area contributed by atoms with E-state index in [1.165, 1.54) is 36.3 Å². The molecular formula is C50H56FeNO3P2PdS+. The first kappa shape index (κ1) is 53.6. The molecule has 4 nitrogen and oxygen atoms in total. The van der Waals surface area contributed by atoms with Crippen LogP contribution in [-0.2, 0) is 47.6 Å². The zero-order valence-corrected chi connectivity index (χ0v) is 39.6. The predicted octanol–water partition coefficient (Wildman–Crippen LogP) is 11.6. The van der Waals surface area contributed by atoms with Crippen LogP contribution in [0.5, 0.6) is 0 Å². The van der Waals surface area contributed by atoms with Crippen LogP contribution in [0, 0.1) is 20.9 Å². The molecule has 6 aromatic rings. The van der Waals surface area contributed by atoms with E-state index in [1.807, 2.05) is 49.5 Å². The van der Waals surface area contributed by atoms with Gasteiger partial charge < -0.3 is 20.2 Å². The molecular weight excluding hydrogens is 919 g/mol. The third-order valence-electron chi connectivity index (χ3n) is 9.17. The van der Waals surface area contributed by atoms with E-state index >= 15 is 0 Å². The zero-order chi connectivity index (χ0) is 38.7. The zero-order valence-electron chi connectivity index (χ0n) is 34.2. The molecule has 0 amide bonds. The fourth-order valence-electron chi connectivity index (χ4n) is 6.81. The summed E-state index contributed by atoms with van der Waals surface area (Å²) in [5.74, 6) is 0. The number of nitrogens with zero attached hydrogens (tertiary/aromatic N) is 1. The number of hydrogen-bond acceptors (Lipinski definition) is 2. The molecule has 0 radical (unpaired) electrons. The molecule has 0 atom stereocenters. The molecule has 0 spiro atoms. The van der Waals surface area contributed by atoms with Gasteiger partial charge in [0.25, 0.3) is 10.1 Å². The monoisotopic (exact) mass is 974 g/mol. The van der Waals surface area contributed by atoms with Crippen molar-refractivity contribution in [3.05, 3.63) is 220 Å². The van der Waals surface area contributed by atoms with Crippen molar-refractivity contribution in [2.45, 2.75) is 37.0 Å². The van der Waals surface area contributed by atoms with Gasteiger partial charge in [0.2, 0.25) is 0 Å². The topological polar surface area (TPSA) is 68.5 Å². The Bertz CT molecular complexity index is 2060. The molecule has 312 valence electrons. The summed E-state index contributed by atoms with van der Waals surface area (Å²) in [4.78, 5) is 0.